The molecule has 3 aromatic carbocycles. The molecule has 0 radical (unpaired) electrons. The summed E-state index contributed by atoms with van der Waals surface area (Å²) in [6.07, 6.45) is 3.73. The van der Waals surface area contributed by atoms with Crippen LogP contribution in [0, 0.1) is 29.5 Å². The number of carbonyl (C=O) groups is 4. The third-order valence-corrected chi connectivity index (χ3v) is 9.92. The highest BCUT2D eigenvalue weighted by atomic mass is 19.1. The molecule has 1 saturated carbocycles. The molecule has 1 aliphatic heterocycles. The van der Waals surface area contributed by atoms with E-state index in [-0.39, 0.29) is 47.4 Å². The van der Waals surface area contributed by atoms with Crippen molar-refractivity contribution < 1.29 is 28.7 Å². The van der Waals surface area contributed by atoms with E-state index in [2.05, 4.69) is 0 Å². The highest BCUT2D eigenvalue weighted by Gasteiger charge is 2.66. The van der Waals surface area contributed by atoms with E-state index in [1.165, 1.54) is 19.2 Å². The van der Waals surface area contributed by atoms with Crippen LogP contribution in [-0.4, -0.2) is 40.4 Å². The second kappa shape index (κ2) is 9.44. The van der Waals surface area contributed by atoms with E-state index in [0.29, 0.717) is 16.7 Å². The van der Waals surface area contributed by atoms with E-state index >= 15 is 4.39 Å². The maximum Gasteiger partial charge on any atom is 0.233 e. The van der Waals surface area contributed by atoms with Crippen LogP contribution >= 0.6 is 0 Å². The molecule has 1 N–H and O–H groups in total. The monoisotopic (exact) mass is 561 g/mol. The summed E-state index contributed by atoms with van der Waals surface area (Å²) in [4.78, 5) is 57.1. The Hall–Kier alpha value is -4.65. The number of likely N-dealkylation sites (tertiary alicyclic amines) is 1. The molecule has 0 aromatic heterocycles. The normalized spacial score (nSPS) is 30.3. The first kappa shape index (κ1) is 26.3. The Bertz CT molecular complexity index is 1730. The van der Waals surface area contributed by atoms with Gasteiger partial charge < -0.3 is 5.11 Å². The van der Waals surface area contributed by atoms with Crippen LogP contribution in [0.3, 0.4) is 0 Å². The van der Waals surface area contributed by atoms with Gasteiger partial charge in [0.2, 0.25) is 11.8 Å². The van der Waals surface area contributed by atoms with Gasteiger partial charge in [0.15, 0.2) is 23.1 Å². The molecule has 2 fully saturated rings. The van der Waals surface area contributed by atoms with E-state index in [1.807, 2.05) is 18.2 Å². The molecular weight excluding hydrogens is 533 g/mol. The van der Waals surface area contributed by atoms with Gasteiger partial charge in [0.1, 0.15) is 0 Å². The summed E-state index contributed by atoms with van der Waals surface area (Å²) >= 11 is 0. The molecule has 0 bridgehead atoms. The van der Waals surface area contributed by atoms with Crippen LogP contribution in [0.25, 0.3) is 5.57 Å². The molecule has 7 heteroatoms. The third-order valence-electron chi connectivity index (χ3n) is 9.92. The number of phenols is 1. The fourth-order valence-corrected chi connectivity index (χ4v) is 8.14. The number of hydrogen-bond donors (Lipinski definition) is 1. The topological polar surface area (TPSA) is 91.8 Å². The van der Waals surface area contributed by atoms with Crippen LogP contribution in [0.2, 0.25) is 0 Å². The lowest BCUT2D eigenvalue weighted by molar-refractivity contribution is -0.139. The zero-order chi connectivity index (χ0) is 29.3. The summed E-state index contributed by atoms with van der Waals surface area (Å²) < 4.78 is 15.0. The number of fused-ring (bicyclic) bond motifs is 4. The molecule has 1 saturated heterocycles. The number of para-hydroxylation sites is 1. The summed E-state index contributed by atoms with van der Waals surface area (Å²) in [5.41, 5.74) is 0.835. The van der Waals surface area contributed by atoms with Crippen molar-refractivity contribution >= 4 is 29.0 Å². The van der Waals surface area contributed by atoms with Crippen molar-refractivity contribution in [1.82, 2.24) is 4.90 Å². The molecule has 0 spiro atoms. The smallest absolute Gasteiger partial charge is 0.233 e. The summed E-state index contributed by atoms with van der Waals surface area (Å²) in [7, 11) is 1.47. The van der Waals surface area contributed by atoms with Crippen molar-refractivity contribution in [3.63, 3.8) is 0 Å². The van der Waals surface area contributed by atoms with Gasteiger partial charge in [-0.25, -0.2) is 4.39 Å². The zero-order valence-electron chi connectivity index (χ0n) is 22.9. The minimum atomic E-state index is -1.51. The van der Waals surface area contributed by atoms with Gasteiger partial charge in [-0.1, -0.05) is 84.4 Å². The van der Waals surface area contributed by atoms with Gasteiger partial charge in [0.05, 0.1) is 17.3 Å². The van der Waals surface area contributed by atoms with E-state index in [4.69, 9.17) is 0 Å². The molecule has 3 aromatic rings. The highest BCUT2D eigenvalue weighted by Crippen LogP contribution is 2.64. The number of imide groups is 1. The predicted octanol–water partition coefficient (Wildman–Crippen LogP) is 4.99. The lowest BCUT2D eigenvalue weighted by Gasteiger charge is -2.55. The van der Waals surface area contributed by atoms with Crippen LogP contribution in [0.5, 0.6) is 5.75 Å². The average Bonchev–Trinajstić information content (AvgIpc) is 3.24. The molecule has 6 atom stereocenters. The maximum atomic E-state index is 15.0. The predicted molar refractivity (Wildman–Crippen MR) is 152 cm³/mol. The second-order valence-corrected chi connectivity index (χ2v) is 11.7. The van der Waals surface area contributed by atoms with Gasteiger partial charge in [-0.3, -0.25) is 24.1 Å². The van der Waals surface area contributed by atoms with Crippen LogP contribution < -0.4 is 0 Å². The maximum absolute atomic E-state index is 15.0. The molecule has 3 aliphatic carbocycles. The van der Waals surface area contributed by atoms with Crippen molar-refractivity contribution in [3.8, 4) is 5.75 Å². The van der Waals surface area contributed by atoms with Gasteiger partial charge in [0.25, 0.3) is 0 Å². The van der Waals surface area contributed by atoms with Gasteiger partial charge in [-0.2, -0.15) is 0 Å². The highest BCUT2D eigenvalue weighted by molar-refractivity contribution is 6.31. The Labute approximate surface area is 242 Å². The number of phenolic OH excluding ortho intramolecular Hbond substituents is 1. The van der Waals surface area contributed by atoms with Crippen molar-refractivity contribution in [2.24, 2.45) is 23.7 Å². The number of rotatable bonds is 3. The number of nitrogens with zero attached hydrogens (tertiary/aromatic N) is 1. The van der Waals surface area contributed by atoms with E-state index in [1.54, 1.807) is 54.6 Å². The number of amides is 2. The number of Topliss-reactive ketones (excluding diaryl/α,β-unsaturated/α-hetero) is 1. The summed E-state index contributed by atoms with van der Waals surface area (Å²) in [5.74, 6) is -6.29. The SMILES string of the molecule is CN1C(=O)C2CC=C3C(CC4C(=O)C(c5ccccc5)=CC(=O)C4(c4ccccc4)C3c3cccc(F)c3O)C2C1=O. The quantitative estimate of drug-likeness (QED) is 0.360. The zero-order valence-corrected chi connectivity index (χ0v) is 22.9. The third kappa shape index (κ3) is 3.43. The van der Waals surface area contributed by atoms with Crippen LogP contribution in [0.1, 0.15) is 35.4 Å². The molecule has 6 unspecified atom stereocenters. The van der Waals surface area contributed by atoms with Crippen molar-refractivity contribution in [2.45, 2.75) is 24.2 Å². The van der Waals surface area contributed by atoms with E-state index < -0.39 is 46.6 Å². The summed E-state index contributed by atoms with van der Waals surface area (Å²) in [5, 5.41) is 11.2. The first-order chi connectivity index (χ1) is 20.3. The summed E-state index contributed by atoms with van der Waals surface area (Å²) in [6, 6.07) is 22.2. The first-order valence-corrected chi connectivity index (χ1v) is 14.2. The molecule has 2 amide bonds. The van der Waals surface area contributed by atoms with E-state index in [0.717, 1.165) is 11.0 Å². The number of carbonyl (C=O) groups excluding carboxylic acids is 4. The van der Waals surface area contributed by atoms with E-state index in [9.17, 15) is 24.3 Å². The Morgan fingerprint density at radius 2 is 1.55 bits per heavy atom. The molecule has 1 heterocycles. The summed E-state index contributed by atoms with van der Waals surface area (Å²) in [6.45, 7) is 0. The van der Waals surface area contributed by atoms with Gasteiger partial charge >= 0.3 is 0 Å². The fourth-order valence-electron chi connectivity index (χ4n) is 8.14. The van der Waals surface area contributed by atoms with Gasteiger partial charge in [-0.15, -0.1) is 0 Å². The van der Waals surface area contributed by atoms with Crippen molar-refractivity contribution in [2.75, 3.05) is 7.05 Å². The molecule has 7 rings (SSSR count). The molecular formula is C35H28FNO5. The number of aromatic hydroxyl groups is 1. The van der Waals surface area contributed by atoms with Gasteiger partial charge in [-0.05, 0) is 42.0 Å². The largest absolute Gasteiger partial charge is 0.505 e. The number of halogens is 1. The molecule has 42 heavy (non-hydrogen) atoms. The first-order valence-electron chi connectivity index (χ1n) is 14.2. The standard InChI is InChI=1S/C35H28FNO5/c1-37-33(41)22-16-15-21-25(29(22)34(37)42)17-26-31(39)24(19-9-4-2-5-10-19)18-28(38)35(26,20-11-6-3-7-12-20)30(21)23-13-8-14-27(36)32(23)40/h2-15,18,22,25-26,29-30,40H,16-17H2,1H3. The van der Waals surface area contributed by atoms with Crippen molar-refractivity contribution in [3.05, 3.63) is 119 Å². The van der Waals surface area contributed by atoms with Crippen LogP contribution in [-0.2, 0) is 24.6 Å². The lowest BCUT2D eigenvalue weighted by atomic mass is 9.44. The molecule has 210 valence electrons. The van der Waals surface area contributed by atoms with Crippen molar-refractivity contribution in [1.29, 1.82) is 0 Å². The Morgan fingerprint density at radius 1 is 0.857 bits per heavy atom. The minimum Gasteiger partial charge on any atom is -0.505 e. The van der Waals surface area contributed by atoms with Crippen LogP contribution in [0.15, 0.2) is 96.6 Å². The molecule has 4 aliphatic rings. The average molecular weight is 562 g/mol. The Morgan fingerprint density at radius 3 is 2.26 bits per heavy atom. The number of hydrogen-bond acceptors (Lipinski definition) is 5. The number of benzene rings is 3. The van der Waals surface area contributed by atoms with Gasteiger partial charge in [0, 0.05) is 30.0 Å². The molecule has 6 nitrogen and oxygen atoms in total. The minimum absolute atomic E-state index is 0.163. The number of allylic oxidation sites excluding steroid dienone is 4. The lowest BCUT2D eigenvalue weighted by Crippen LogP contribution is -2.58. The van der Waals surface area contributed by atoms with Crippen LogP contribution in [0.4, 0.5) is 4.39 Å². The fraction of sp³-hybridized carbons (Fsp3) is 0.257. The Balaban J connectivity index is 1.54. The Kier molecular flexibility index (Phi) is 5.91. The second-order valence-electron chi connectivity index (χ2n) is 11.7. The number of ketones is 2.